The number of hydrogen-bond donors (Lipinski definition) is 2. The van der Waals surface area contributed by atoms with Gasteiger partial charge < -0.3 is 29.3 Å². The standard InChI is InChI=1S/C18H22N2O6/c1-23-14-9-12(10-15(24-2)17(14)25-3)11-20-16(21)6-7-19-18(22)13-5-4-8-26-13/h4-5,8-10H,6-7,11H2,1-3H3,(H,19,22)(H,20,21). The highest BCUT2D eigenvalue weighted by Gasteiger charge is 2.14. The van der Waals surface area contributed by atoms with Crippen LogP contribution in [0.3, 0.4) is 0 Å². The third-order valence-corrected chi connectivity index (χ3v) is 3.60. The smallest absolute Gasteiger partial charge is 0.286 e. The summed E-state index contributed by atoms with van der Waals surface area (Å²) in [5.74, 6) is 1.18. The average Bonchev–Trinajstić information content (AvgIpc) is 3.20. The predicted molar refractivity (Wildman–Crippen MR) is 93.6 cm³/mol. The summed E-state index contributed by atoms with van der Waals surface area (Å²) in [6.07, 6.45) is 1.57. The molecule has 0 aliphatic carbocycles. The first kappa shape index (κ1) is 19.2. The lowest BCUT2D eigenvalue weighted by atomic mass is 10.1. The summed E-state index contributed by atoms with van der Waals surface area (Å²) >= 11 is 0. The van der Waals surface area contributed by atoms with Crippen molar-refractivity contribution in [1.82, 2.24) is 10.6 Å². The van der Waals surface area contributed by atoms with Gasteiger partial charge in [0.2, 0.25) is 11.7 Å². The van der Waals surface area contributed by atoms with Crippen molar-refractivity contribution in [2.45, 2.75) is 13.0 Å². The first-order valence-electron chi connectivity index (χ1n) is 7.96. The maximum atomic E-state index is 11.9. The van der Waals surface area contributed by atoms with Crippen LogP contribution in [-0.2, 0) is 11.3 Å². The second-order valence-corrected chi connectivity index (χ2v) is 5.29. The minimum absolute atomic E-state index is 0.150. The van der Waals surface area contributed by atoms with Gasteiger partial charge in [-0.2, -0.15) is 0 Å². The number of hydrogen-bond acceptors (Lipinski definition) is 6. The van der Waals surface area contributed by atoms with Crippen molar-refractivity contribution in [3.8, 4) is 17.2 Å². The molecule has 2 amide bonds. The lowest BCUT2D eigenvalue weighted by Crippen LogP contribution is -2.30. The van der Waals surface area contributed by atoms with Crippen LogP contribution in [0.5, 0.6) is 17.2 Å². The highest BCUT2D eigenvalue weighted by atomic mass is 16.5. The number of carbonyl (C=O) groups excluding carboxylic acids is 2. The first-order valence-corrected chi connectivity index (χ1v) is 7.96. The van der Waals surface area contributed by atoms with E-state index >= 15 is 0 Å². The van der Waals surface area contributed by atoms with Crippen LogP contribution in [0.25, 0.3) is 0 Å². The fourth-order valence-corrected chi connectivity index (χ4v) is 2.31. The molecular weight excluding hydrogens is 340 g/mol. The molecule has 1 aromatic heterocycles. The monoisotopic (exact) mass is 362 g/mol. The maximum Gasteiger partial charge on any atom is 0.286 e. The van der Waals surface area contributed by atoms with Gasteiger partial charge in [0.05, 0.1) is 27.6 Å². The van der Waals surface area contributed by atoms with Crippen LogP contribution < -0.4 is 24.8 Å². The van der Waals surface area contributed by atoms with Crippen molar-refractivity contribution in [2.24, 2.45) is 0 Å². The van der Waals surface area contributed by atoms with Gasteiger partial charge in [-0.25, -0.2) is 0 Å². The molecule has 26 heavy (non-hydrogen) atoms. The van der Waals surface area contributed by atoms with E-state index in [1.807, 2.05) is 0 Å². The normalized spacial score (nSPS) is 10.1. The molecule has 8 nitrogen and oxygen atoms in total. The molecule has 1 heterocycles. The fraction of sp³-hybridized carbons (Fsp3) is 0.333. The number of benzene rings is 1. The third-order valence-electron chi connectivity index (χ3n) is 3.60. The molecule has 0 aliphatic heterocycles. The summed E-state index contributed by atoms with van der Waals surface area (Å²) in [4.78, 5) is 23.6. The van der Waals surface area contributed by atoms with Crippen LogP contribution in [0.4, 0.5) is 0 Å². The topological polar surface area (TPSA) is 99.0 Å². The van der Waals surface area contributed by atoms with Crippen molar-refractivity contribution >= 4 is 11.8 Å². The number of amides is 2. The molecule has 0 radical (unpaired) electrons. The van der Waals surface area contributed by atoms with Crippen LogP contribution in [0.15, 0.2) is 34.9 Å². The SMILES string of the molecule is COc1cc(CNC(=O)CCNC(=O)c2ccco2)cc(OC)c1OC. The van der Waals surface area contributed by atoms with Gasteiger partial charge in [-0.1, -0.05) is 0 Å². The maximum absolute atomic E-state index is 11.9. The Kier molecular flexibility index (Phi) is 6.90. The van der Waals surface area contributed by atoms with E-state index < -0.39 is 0 Å². The number of carbonyl (C=O) groups is 2. The minimum Gasteiger partial charge on any atom is -0.493 e. The molecule has 0 unspecified atom stereocenters. The van der Waals surface area contributed by atoms with E-state index in [1.54, 1.807) is 24.3 Å². The van der Waals surface area contributed by atoms with Gasteiger partial charge in [-0.15, -0.1) is 0 Å². The molecule has 0 atom stereocenters. The predicted octanol–water partition coefficient (Wildman–Crippen LogP) is 1.74. The Morgan fingerprint density at radius 2 is 1.73 bits per heavy atom. The van der Waals surface area contributed by atoms with E-state index in [9.17, 15) is 9.59 Å². The summed E-state index contributed by atoms with van der Waals surface area (Å²) in [7, 11) is 4.58. The van der Waals surface area contributed by atoms with Crippen LogP contribution in [0.1, 0.15) is 22.5 Å². The Hall–Kier alpha value is -3.16. The van der Waals surface area contributed by atoms with Crippen molar-refractivity contribution in [3.63, 3.8) is 0 Å². The largest absolute Gasteiger partial charge is 0.493 e. The van der Waals surface area contributed by atoms with E-state index in [2.05, 4.69) is 10.6 Å². The number of furan rings is 1. The van der Waals surface area contributed by atoms with Crippen molar-refractivity contribution in [1.29, 1.82) is 0 Å². The zero-order valence-electron chi connectivity index (χ0n) is 15.0. The molecule has 0 saturated carbocycles. The highest BCUT2D eigenvalue weighted by Crippen LogP contribution is 2.38. The lowest BCUT2D eigenvalue weighted by Gasteiger charge is -2.14. The van der Waals surface area contributed by atoms with Crippen LogP contribution in [0, 0.1) is 0 Å². The Morgan fingerprint density at radius 3 is 2.27 bits per heavy atom. The van der Waals surface area contributed by atoms with E-state index in [-0.39, 0.29) is 30.5 Å². The van der Waals surface area contributed by atoms with Gasteiger partial charge in [0.1, 0.15) is 0 Å². The second kappa shape index (κ2) is 9.36. The Labute approximate surface area is 151 Å². The van der Waals surface area contributed by atoms with Crippen molar-refractivity contribution < 1.29 is 28.2 Å². The third kappa shape index (κ3) is 4.92. The molecule has 0 aliphatic rings. The average molecular weight is 362 g/mol. The van der Waals surface area contributed by atoms with Gasteiger partial charge >= 0.3 is 0 Å². The Morgan fingerprint density at radius 1 is 1.04 bits per heavy atom. The molecule has 1 aromatic carbocycles. The van der Waals surface area contributed by atoms with E-state index in [0.717, 1.165) is 5.56 Å². The Bertz CT molecular complexity index is 717. The quantitative estimate of drug-likeness (QED) is 0.705. The fourth-order valence-electron chi connectivity index (χ4n) is 2.31. The van der Waals surface area contributed by atoms with Gasteiger partial charge in [0, 0.05) is 19.5 Å². The second-order valence-electron chi connectivity index (χ2n) is 5.29. The molecule has 8 heteroatoms. The zero-order chi connectivity index (χ0) is 18.9. The number of nitrogens with one attached hydrogen (secondary N) is 2. The van der Waals surface area contributed by atoms with Crippen LogP contribution in [-0.4, -0.2) is 39.7 Å². The van der Waals surface area contributed by atoms with E-state index in [1.165, 1.54) is 27.6 Å². The number of rotatable bonds is 9. The summed E-state index contributed by atoms with van der Waals surface area (Å²) < 4.78 is 20.8. The minimum atomic E-state index is -0.354. The molecule has 2 N–H and O–H groups in total. The van der Waals surface area contributed by atoms with Crippen molar-refractivity contribution in [2.75, 3.05) is 27.9 Å². The molecule has 0 spiro atoms. The molecule has 2 aromatic rings. The number of methoxy groups -OCH3 is 3. The lowest BCUT2D eigenvalue weighted by molar-refractivity contribution is -0.121. The van der Waals surface area contributed by atoms with Gasteiger partial charge in [-0.05, 0) is 29.8 Å². The Balaban J connectivity index is 1.84. The van der Waals surface area contributed by atoms with Gasteiger partial charge in [-0.3, -0.25) is 9.59 Å². The molecule has 0 fully saturated rings. The summed E-state index contributed by atoms with van der Waals surface area (Å²) in [6.45, 7) is 0.502. The molecular formula is C18H22N2O6. The summed E-state index contributed by atoms with van der Waals surface area (Å²) in [5, 5.41) is 5.40. The van der Waals surface area contributed by atoms with Gasteiger partial charge in [0.25, 0.3) is 5.91 Å². The van der Waals surface area contributed by atoms with E-state index in [0.29, 0.717) is 23.8 Å². The summed E-state index contributed by atoms with van der Waals surface area (Å²) in [6, 6.07) is 6.71. The highest BCUT2D eigenvalue weighted by molar-refractivity contribution is 5.91. The van der Waals surface area contributed by atoms with Crippen LogP contribution >= 0.6 is 0 Å². The molecule has 0 saturated heterocycles. The van der Waals surface area contributed by atoms with Gasteiger partial charge in [0.15, 0.2) is 17.3 Å². The molecule has 140 valence electrons. The van der Waals surface area contributed by atoms with Crippen molar-refractivity contribution in [3.05, 3.63) is 41.9 Å². The summed E-state index contributed by atoms with van der Waals surface area (Å²) in [5.41, 5.74) is 0.799. The van der Waals surface area contributed by atoms with Crippen LogP contribution in [0.2, 0.25) is 0 Å². The molecule has 0 bridgehead atoms. The molecule has 2 rings (SSSR count). The van der Waals surface area contributed by atoms with E-state index in [4.69, 9.17) is 18.6 Å². The zero-order valence-corrected chi connectivity index (χ0v) is 15.0. The first-order chi connectivity index (χ1) is 12.6. The number of ether oxygens (including phenoxy) is 3.